The highest BCUT2D eigenvalue weighted by Crippen LogP contribution is 2.58. The van der Waals surface area contributed by atoms with Gasteiger partial charge in [0.25, 0.3) is 0 Å². The molecule has 14 rings (SSSR count). The summed E-state index contributed by atoms with van der Waals surface area (Å²) >= 11 is 0. The third kappa shape index (κ3) is 8.30. The van der Waals surface area contributed by atoms with Crippen molar-refractivity contribution in [2.24, 2.45) is 0 Å². The van der Waals surface area contributed by atoms with E-state index in [0.29, 0.717) is 0 Å². The fraction of sp³-hybridized carbons (Fsp3) is 0.0390. The maximum Gasteiger partial charge on any atom is 0.0620 e. The van der Waals surface area contributed by atoms with Gasteiger partial charge in [-0.25, -0.2) is 0 Å². The van der Waals surface area contributed by atoms with Gasteiger partial charge in [-0.15, -0.1) is 0 Å². The molecule has 13 aromatic rings. The lowest BCUT2D eigenvalue weighted by Crippen LogP contribution is -2.18. The van der Waals surface area contributed by atoms with Gasteiger partial charge in [0.1, 0.15) is 0 Å². The summed E-state index contributed by atoms with van der Waals surface area (Å²) in [5.41, 5.74) is 21.6. The number of benzene rings is 13. The number of rotatable bonds is 12. The Morgan fingerprint density at radius 1 is 0.225 bits per heavy atom. The molecule has 0 spiro atoms. The lowest BCUT2D eigenvalue weighted by molar-refractivity contribution is 0.661. The molecular weight excluding hydrogens is 967 g/mol. The van der Waals surface area contributed by atoms with Crippen LogP contribution in [-0.4, -0.2) is 0 Å². The molecule has 0 unspecified atom stereocenters. The van der Waals surface area contributed by atoms with Gasteiger partial charge in [-0.05, 0) is 118 Å². The highest BCUT2D eigenvalue weighted by Gasteiger charge is 2.38. The van der Waals surface area contributed by atoms with E-state index >= 15 is 0 Å². The number of para-hydroxylation sites is 6. The normalized spacial score (nSPS) is 12.2. The van der Waals surface area contributed by atoms with Gasteiger partial charge in [-0.2, -0.15) is 0 Å². The zero-order valence-corrected chi connectivity index (χ0v) is 44.8. The van der Waals surface area contributed by atoms with E-state index in [0.717, 1.165) is 95.0 Å². The third-order valence-corrected chi connectivity index (χ3v) is 16.2. The van der Waals surface area contributed by atoms with Crippen molar-refractivity contribution in [3.63, 3.8) is 0 Å². The van der Waals surface area contributed by atoms with Crippen LogP contribution in [0.1, 0.15) is 25.0 Å². The van der Waals surface area contributed by atoms with Crippen LogP contribution in [0.25, 0.3) is 66.1 Å². The second-order valence-electron chi connectivity index (χ2n) is 21.2. The summed E-state index contributed by atoms with van der Waals surface area (Å²) in [7, 11) is 0. The first-order valence-electron chi connectivity index (χ1n) is 27.7. The predicted octanol–water partition coefficient (Wildman–Crippen LogP) is 21.7. The molecule has 13 aromatic carbocycles. The standard InChI is InChI=1S/C77H57N3/c1-77(2)70-51-60(78(57-35-15-6-16-36-57)72-46-26-23-41-61(72)54-29-9-3-10-30-54)49-50-64(70)67-52-68-69(53-71(67)77)76(80(59-39-19-8-20-40-59)74-48-28-25-43-63(74)56-33-13-5-14-34-56)66-45-22-21-44-65(66)75(68)79(58-37-17-7-18-38-58)73-47-27-24-42-62(73)55-31-11-4-12-32-55/h3-53H,1-2H3. The van der Waals surface area contributed by atoms with Gasteiger partial charge in [0.15, 0.2) is 0 Å². The van der Waals surface area contributed by atoms with Gasteiger partial charge in [0, 0.05) is 66.4 Å². The quantitative estimate of drug-likeness (QED) is 0.0892. The van der Waals surface area contributed by atoms with Crippen LogP contribution in [0.2, 0.25) is 0 Å². The van der Waals surface area contributed by atoms with Crippen molar-refractivity contribution in [3.05, 3.63) is 321 Å². The number of hydrogen-bond donors (Lipinski definition) is 0. The second-order valence-corrected chi connectivity index (χ2v) is 21.2. The molecule has 80 heavy (non-hydrogen) atoms. The first-order chi connectivity index (χ1) is 39.5. The molecule has 0 heterocycles. The van der Waals surface area contributed by atoms with E-state index in [1.54, 1.807) is 0 Å². The van der Waals surface area contributed by atoms with E-state index in [1.165, 1.54) is 33.4 Å². The van der Waals surface area contributed by atoms with E-state index in [4.69, 9.17) is 0 Å². The number of hydrogen-bond acceptors (Lipinski definition) is 3. The topological polar surface area (TPSA) is 9.72 Å². The molecule has 1 aliphatic carbocycles. The number of fused-ring (bicyclic) bond motifs is 5. The molecule has 0 fully saturated rings. The number of nitrogens with zero attached hydrogens (tertiary/aromatic N) is 3. The molecule has 0 aromatic heterocycles. The first-order valence-corrected chi connectivity index (χ1v) is 27.7. The first kappa shape index (κ1) is 48.2. The van der Waals surface area contributed by atoms with E-state index in [1.807, 2.05) is 0 Å². The molecule has 0 N–H and O–H groups in total. The van der Waals surface area contributed by atoms with Gasteiger partial charge in [-0.1, -0.05) is 244 Å². The molecule has 0 radical (unpaired) electrons. The summed E-state index contributed by atoms with van der Waals surface area (Å²) in [4.78, 5) is 7.49. The summed E-state index contributed by atoms with van der Waals surface area (Å²) in [5.74, 6) is 0. The zero-order valence-electron chi connectivity index (χ0n) is 44.8. The maximum absolute atomic E-state index is 2.56. The molecule has 1 aliphatic rings. The van der Waals surface area contributed by atoms with Crippen LogP contribution in [0.5, 0.6) is 0 Å². The van der Waals surface area contributed by atoms with Gasteiger partial charge < -0.3 is 14.7 Å². The summed E-state index contributed by atoms with van der Waals surface area (Å²) in [6, 6.07) is 113. The van der Waals surface area contributed by atoms with Crippen molar-refractivity contribution < 1.29 is 0 Å². The van der Waals surface area contributed by atoms with Crippen molar-refractivity contribution >= 4 is 72.7 Å². The average molecular weight is 1020 g/mol. The largest absolute Gasteiger partial charge is 0.310 e. The lowest BCUT2D eigenvalue weighted by Gasteiger charge is -2.35. The van der Waals surface area contributed by atoms with Crippen LogP contribution in [0.3, 0.4) is 0 Å². The highest BCUT2D eigenvalue weighted by molar-refractivity contribution is 6.25. The molecule has 380 valence electrons. The molecular formula is C77H57N3. The Labute approximate surface area is 469 Å². The van der Waals surface area contributed by atoms with Crippen LogP contribution in [-0.2, 0) is 5.41 Å². The molecule has 3 nitrogen and oxygen atoms in total. The Bertz CT molecular complexity index is 4370. The van der Waals surface area contributed by atoms with Gasteiger partial charge in [0.2, 0.25) is 0 Å². The van der Waals surface area contributed by atoms with E-state index in [-0.39, 0.29) is 0 Å². The van der Waals surface area contributed by atoms with Crippen LogP contribution in [0.4, 0.5) is 51.2 Å². The fourth-order valence-corrected chi connectivity index (χ4v) is 12.5. The smallest absolute Gasteiger partial charge is 0.0620 e. The van der Waals surface area contributed by atoms with Crippen molar-refractivity contribution in [1.29, 1.82) is 0 Å². The minimum atomic E-state index is -0.405. The SMILES string of the molecule is CC1(C)c2cc(N(c3ccccc3)c3ccccc3-c3ccccc3)ccc2-c2cc3c(N(c4ccccc4)c4ccccc4-c4ccccc4)c4ccccc4c(N(c4ccccc4)c4ccccc4-c4ccccc4)c3cc21. The molecule has 0 atom stereocenters. The summed E-state index contributed by atoms with van der Waals surface area (Å²) in [5, 5.41) is 4.60. The lowest BCUT2D eigenvalue weighted by atomic mass is 9.81. The molecule has 0 amide bonds. The molecule has 0 saturated heterocycles. The summed E-state index contributed by atoms with van der Waals surface area (Å²) < 4.78 is 0. The summed E-state index contributed by atoms with van der Waals surface area (Å²) in [6.45, 7) is 4.84. The molecule has 0 bridgehead atoms. The van der Waals surface area contributed by atoms with Gasteiger partial charge in [0.05, 0.1) is 28.4 Å². The van der Waals surface area contributed by atoms with Crippen LogP contribution < -0.4 is 14.7 Å². The third-order valence-electron chi connectivity index (χ3n) is 16.2. The minimum absolute atomic E-state index is 0.405. The van der Waals surface area contributed by atoms with Crippen LogP contribution >= 0.6 is 0 Å². The Balaban J connectivity index is 1.09. The molecule has 0 saturated carbocycles. The van der Waals surface area contributed by atoms with E-state index in [2.05, 4.69) is 338 Å². The van der Waals surface area contributed by atoms with E-state index in [9.17, 15) is 0 Å². The van der Waals surface area contributed by atoms with Crippen molar-refractivity contribution in [1.82, 2.24) is 0 Å². The van der Waals surface area contributed by atoms with Crippen molar-refractivity contribution in [3.8, 4) is 44.5 Å². The van der Waals surface area contributed by atoms with Crippen molar-refractivity contribution in [2.45, 2.75) is 19.3 Å². The Hall–Kier alpha value is -10.2. The molecule has 0 aliphatic heterocycles. The second kappa shape index (κ2) is 20.3. The Morgan fingerprint density at radius 3 is 0.975 bits per heavy atom. The van der Waals surface area contributed by atoms with Gasteiger partial charge >= 0.3 is 0 Å². The summed E-state index contributed by atoms with van der Waals surface area (Å²) in [6.07, 6.45) is 0. The zero-order chi connectivity index (χ0) is 53.6. The Morgan fingerprint density at radius 2 is 0.550 bits per heavy atom. The fourth-order valence-electron chi connectivity index (χ4n) is 12.5. The van der Waals surface area contributed by atoms with Gasteiger partial charge in [-0.3, -0.25) is 0 Å². The number of anilines is 9. The van der Waals surface area contributed by atoms with Crippen LogP contribution in [0, 0.1) is 0 Å². The average Bonchev–Trinajstić information content (AvgIpc) is 3.71. The van der Waals surface area contributed by atoms with Crippen LogP contribution in [0.15, 0.2) is 309 Å². The van der Waals surface area contributed by atoms with Crippen molar-refractivity contribution in [2.75, 3.05) is 14.7 Å². The predicted molar refractivity (Wildman–Crippen MR) is 339 cm³/mol. The maximum atomic E-state index is 2.56. The Kier molecular flexibility index (Phi) is 12.2. The highest BCUT2D eigenvalue weighted by atomic mass is 15.2. The minimum Gasteiger partial charge on any atom is -0.310 e. The van der Waals surface area contributed by atoms with E-state index < -0.39 is 5.41 Å². The monoisotopic (exact) mass is 1020 g/mol. The molecule has 3 heteroatoms.